The van der Waals surface area contributed by atoms with Crippen LogP contribution in [0, 0.1) is 23.2 Å². The molecule has 2 amide bonds. The van der Waals surface area contributed by atoms with E-state index < -0.39 is 0 Å². The third-order valence-electron chi connectivity index (χ3n) is 9.74. The molecule has 2 aliphatic heterocycles. The highest BCUT2D eigenvalue weighted by atomic mass is 16.2. The Morgan fingerprint density at radius 2 is 1.65 bits per heavy atom. The highest BCUT2D eigenvalue weighted by molar-refractivity contribution is 5.96. The summed E-state index contributed by atoms with van der Waals surface area (Å²) in [6.07, 6.45) is 13.6. The molecule has 2 saturated heterocycles. The number of pyridine rings is 1. The Morgan fingerprint density at radius 3 is 2.29 bits per heavy atom. The zero-order valence-electron chi connectivity index (χ0n) is 19.8. The number of piperidine rings is 1. The topological polar surface area (TPSA) is 92.7 Å². The van der Waals surface area contributed by atoms with E-state index in [0.29, 0.717) is 22.5 Å². The van der Waals surface area contributed by atoms with Crippen molar-refractivity contribution in [2.75, 3.05) is 6.54 Å². The van der Waals surface area contributed by atoms with Crippen LogP contribution in [0.4, 0.5) is 0 Å². The number of fused-ring (bicyclic) bond motifs is 3. The predicted molar refractivity (Wildman–Crippen MR) is 128 cm³/mol. The maximum atomic E-state index is 13.4. The van der Waals surface area contributed by atoms with E-state index in [1.807, 2.05) is 23.1 Å². The Labute approximate surface area is 200 Å². The van der Waals surface area contributed by atoms with Gasteiger partial charge in [0.1, 0.15) is 17.0 Å². The van der Waals surface area contributed by atoms with E-state index in [1.54, 1.807) is 10.6 Å². The van der Waals surface area contributed by atoms with Gasteiger partial charge in [-0.3, -0.25) is 14.0 Å². The summed E-state index contributed by atoms with van der Waals surface area (Å²) in [5.74, 6) is 2.51. The van der Waals surface area contributed by atoms with E-state index in [2.05, 4.69) is 10.3 Å². The molecule has 180 valence electrons. The van der Waals surface area contributed by atoms with Crippen LogP contribution in [0.2, 0.25) is 0 Å². The third kappa shape index (κ3) is 3.30. The summed E-state index contributed by atoms with van der Waals surface area (Å²) in [5.41, 5.74) is 8.11. The van der Waals surface area contributed by atoms with Gasteiger partial charge in [0, 0.05) is 30.9 Å². The van der Waals surface area contributed by atoms with Crippen molar-refractivity contribution in [2.24, 2.45) is 28.9 Å². The summed E-state index contributed by atoms with van der Waals surface area (Å²) < 4.78 is 1.79. The van der Waals surface area contributed by atoms with Crippen molar-refractivity contribution >= 4 is 17.5 Å². The lowest BCUT2D eigenvalue weighted by atomic mass is 9.49. The molecule has 2 atom stereocenters. The number of nitrogens with zero attached hydrogens (tertiary/aromatic N) is 3. The van der Waals surface area contributed by atoms with Crippen LogP contribution in [0.15, 0.2) is 24.4 Å². The molecule has 34 heavy (non-hydrogen) atoms. The Balaban J connectivity index is 1.11. The number of hydrogen-bond acceptors (Lipinski definition) is 4. The summed E-state index contributed by atoms with van der Waals surface area (Å²) in [4.78, 5) is 33.4. The molecule has 4 aliphatic carbocycles. The molecular weight excluding hydrogens is 426 g/mol. The molecule has 6 fully saturated rings. The molecule has 0 radical (unpaired) electrons. The number of aromatic nitrogens is 2. The van der Waals surface area contributed by atoms with Crippen LogP contribution in [0.1, 0.15) is 85.2 Å². The number of imidazole rings is 1. The van der Waals surface area contributed by atoms with Gasteiger partial charge in [-0.2, -0.15) is 0 Å². The summed E-state index contributed by atoms with van der Waals surface area (Å²) in [6, 6.07) is 6.18. The largest absolute Gasteiger partial charge is 0.350 e. The SMILES string of the molecule is NC1CC2CCC(C1)N2C(=O)c1cn2c(C(=O)NCC34CC5CC(CC(C5)C3)C4)cccc2n1. The first-order valence-electron chi connectivity index (χ1n) is 13.3. The van der Waals surface area contributed by atoms with Gasteiger partial charge >= 0.3 is 0 Å². The van der Waals surface area contributed by atoms with Crippen LogP contribution in [-0.2, 0) is 0 Å². The Kier molecular flexibility index (Phi) is 4.64. The average molecular weight is 462 g/mol. The van der Waals surface area contributed by atoms with Crippen molar-refractivity contribution in [3.8, 4) is 0 Å². The molecule has 2 aromatic rings. The lowest BCUT2D eigenvalue weighted by Gasteiger charge is -2.56. The van der Waals surface area contributed by atoms with Crippen molar-refractivity contribution in [3.63, 3.8) is 0 Å². The third-order valence-corrected chi connectivity index (χ3v) is 9.74. The molecule has 8 rings (SSSR count). The molecule has 0 aromatic carbocycles. The minimum atomic E-state index is -0.0678. The fraction of sp³-hybridized carbons (Fsp3) is 0.667. The maximum Gasteiger partial charge on any atom is 0.274 e. The van der Waals surface area contributed by atoms with Crippen LogP contribution < -0.4 is 11.1 Å². The highest BCUT2D eigenvalue weighted by Gasteiger charge is 2.51. The number of carbonyl (C=O) groups excluding carboxylic acids is 2. The number of hydrogen-bond donors (Lipinski definition) is 2. The number of carbonyl (C=O) groups is 2. The van der Waals surface area contributed by atoms with Gasteiger partial charge in [-0.05, 0) is 99.5 Å². The molecule has 3 N–H and O–H groups in total. The first kappa shape index (κ1) is 20.9. The zero-order chi connectivity index (χ0) is 23.0. The number of nitrogens with two attached hydrogens (primary N) is 1. The molecule has 2 unspecified atom stereocenters. The number of amides is 2. The summed E-state index contributed by atoms with van der Waals surface area (Å²) in [6.45, 7) is 0.767. The fourth-order valence-corrected chi connectivity index (χ4v) is 8.85. The van der Waals surface area contributed by atoms with Gasteiger partial charge in [-0.15, -0.1) is 0 Å². The van der Waals surface area contributed by atoms with Gasteiger partial charge in [-0.1, -0.05) is 6.07 Å². The monoisotopic (exact) mass is 461 g/mol. The van der Waals surface area contributed by atoms with Gasteiger partial charge in [0.25, 0.3) is 11.8 Å². The molecular formula is C27H35N5O2. The number of rotatable bonds is 4. The van der Waals surface area contributed by atoms with Crippen molar-refractivity contribution in [1.29, 1.82) is 0 Å². The van der Waals surface area contributed by atoms with Crippen molar-refractivity contribution in [3.05, 3.63) is 35.8 Å². The predicted octanol–water partition coefficient (Wildman–Crippen LogP) is 3.37. The van der Waals surface area contributed by atoms with Crippen molar-refractivity contribution < 1.29 is 9.59 Å². The van der Waals surface area contributed by atoms with Crippen LogP contribution in [0.5, 0.6) is 0 Å². The van der Waals surface area contributed by atoms with E-state index in [9.17, 15) is 9.59 Å². The first-order valence-corrected chi connectivity index (χ1v) is 13.3. The Bertz CT molecular complexity index is 1110. The van der Waals surface area contributed by atoms with Gasteiger partial charge in [0.15, 0.2) is 0 Å². The molecule has 4 saturated carbocycles. The van der Waals surface area contributed by atoms with Gasteiger partial charge < -0.3 is 16.0 Å². The van der Waals surface area contributed by atoms with Crippen molar-refractivity contribution in [1.82, 2.24) is 19.6 Å². The lowest BCUT2D eigenvalue weighted by molar-refractivity contribution is -0.0503. The van der Waals surface area contributed by atoms with Gasteiger partial charge in [0.05, 0.1) is 0 Å². The van der Waals surface area contributed by atoms with Crippen LogP contribution >= 0.6 is 0 Å². The van der Waals surface area contributed by atoms with Crippen LogP contribution in [0.25, 0.3) is 5.65 Å². The quantitative estimate of drug-likeness (QED) is 0.730. The minimum Gasteiger partial charge on any atom is -0.350 e. The summed E-state index contributed by atoms with van der Waals surface area (Å²) in [5, 5.41) is 3.28. The average Bonchev–Trinajstić information content (AvgIpc) is 3.35. The standard InChI is InChI=1S/C27H35N5O2/c28-19-9-20-4-5-21(10-19)32(20)26(34)22-14-31-23(2-1-3-24(31)30-22)25(33)29-15-27-11-16-6-17(12-27)8-18(7-16)13-27/h1-3,14,16-21H,4-13,15,28H2,(H,29,33). The molecule has 4 heterocycles. The minimum absolute atomic E-state index is 0.0250. The summed E-state index contributed by atoms with van der Waals surface area (Å²) >= 11 is 0. The van der Waals surface area contributed by atoms with Crippen molar-refractivity contribution in [2.45, 2.75) is 82.3 Å². The van der Waals surface area contributed by atoms with E-state index >= 15 is 0 Å². The highest BCUT2D eigenvalue weighted by Crippen LogP contribution is 2.59. The second kappa shape index (κ2) is 7.54. The van der Waals surface area contributed by atoms with Crippen LogP contribution in [0.3, 0.4) is 0 Å². The maximum absolute atomic E-state index is 13.4. The Morgan fingerprint density at radius 1 is 1.00 bits per heavy atom. The molecule has 2 aromatic heterocycles. The smallest absolute Gasteiger partial charge is 0.274 e. The van der Waals surface area contributed by atoms with Gasteiger partial charge in [-0.25, -0.2) is 4.98 Å². The van der Waals surface area contributed by atoms with E-state index in [-0.39, 0.29) is 29.9 Å². The molecule has 6 bridgehead atoms. The van der Waals surface area contributed by atoms with Gasteiger partial charge in [0.2, 0.25) is 0 Å². The molecule has 6 aliphatic rings. The zero-order valence-corrected chi connectivity index (χ0v) is 19.8. The lowest BCUT2D eigenvalue weighted by Crippen LogP contribution is -2.51. The normalized spacial score (nSPS) is 38.0. The second-order valence-corrected chi connectivity index (χ2v) is 12.2. The fourth-order valence-electron chi connectivity index (χ4n) is 8.85. The van der Waals surface area contributed by atoms with E-state index in [4.69, 9.17) is 5.73 Å². The van der Waals surface area contributed by atoms with E-state index in [1.165, 1.54) is 38.5 Å². The van der Waals surface area contributed by atoms with E-state index in [0.717, 1.165) is 50.0 Å². The second-order valence-electron chi connectivity index (χ2n) is 12.2. The molecule has 7 heteroatoms. The first-order chi connectivity index (χ1) is 16.5. The molecule has 7 nitrogen and oxygen atoms in total. The molecule has 0 spiro atoms. The van der Waals surface area contributed by atoms with Crippen LogP contribution in [-0.4, -0.2) is 50.8 Å². The Hall–Kier alpha value is -2.41. The number of nitrogens with one attached hydrogen (secondary N) is 1. The summed E-state index contributed by atoms with van der Waals surface area (Å²) in [7, 11) is 0.